The molecule has 2 saturated heterocycles. The van der Waals surface area contributed by atoms with Gasteiger partial charge in [0.15, 0.2) is 0 Å². The monoisotopic (exact) mass is 1170 g/mol. The molecule has 0 aliphatic carbocycles. The van der Waals surface area contributed by atoms with Crippen molar-refractivity contribution in [2.45, 2.75) is 116 Å². The second-order valence-electron chi connectivity index (χ2n) is 22.0. The number of anilines is 2. The summed E-state index contributed by atoms with van der Waals surface area (Å²) >= 11 is 0. The fourth-order valence-electron chi connectivity index (χ4n) is 8.91. The van der Waals surface area contributed by atoms with Crippen molar-refractivity contribution in [3.8, 4) is 11.5 Å². The van der Waals surface area contributed by atoms with Crippen LogP contribution in [0.4, 0.5) is 21.0 Å². The molecule has 0 spiro atoms. The molecule has 23 heteroatoms. The van der Waals surface area contributed by atoms with Gasteiger partial charge in [-0.25, -0.2) is 35.0 Å². The number of nitrogens with one attached hydrogen (secondary N) is 1. The maximum absolute atomic E-state index is 13.2. The summed E-state index contributed by atoms with van der Waals surface area (Å²) in [6.45, 7) is 24.4. The van der Waals surface area contributed by atoms with Crippen molar-refractivity contribution in [3.05, 3.63) is 106 Å². The lowest BCUT2D eigenvalue weighted by molar-refractivity contribution is -0.137. The third-order valence-electron chi connectivity index (χ3n) is 13.1. The Hall–Kier alpha value is -6.66. The van der Waals surface area contributed by atoms with Gasteiger partial charge in [0.05, 0.1) is 30.4 Å². The van der Waals surface area contributed by atoms with E-state index in [1.165, 1.54) is 31.2 Å². The first-order chi connectivity index (χ1) is 37.8. The van der Waals surface area contributed by atoms with Gasteiger partial charge in [-0.15, -0.1) is 0 Å². The van der Waals surface area contributed by atoms with Gasteiger partial charge in [-0.3, -0.25) is 9.59 Å². The van der Waals surface area contributed by atoms with Crippen LogP contribution in [0.25, 0.3) is 0 Å². The highest BCUT2D eigenvalue weighted by molar-refractivity contribution is 7.89. The lowest BCUT2D eigenvalue weighted by Crippen LogP contribution is -2.50. The SMILES string of the molecule is CC(C)(C)OC(=O)N1CCN(c2cccc(CN)c2)CC1.COc1cc(C)c(S(=O)(=O)N(C)CCC(=O)NCc2cccc(N3CCN(C(=O)OC(C)(C)C)CC3)c2)c(C)c1.COc1cc(C)c(S(=O)(=O)N(C)CCC(=O)O)c(C)c1. The van der Waals surface area contributed by atoms with E-state index in [9.17, 15) is 36.0 Å². The van der Waals surface area contributed by atoms with Crippen LogP contribution in [0.3, 0.4) is 0 Å². The third-order valence-corrected chi connectivity index (χ3v) is 17.4. The lowest BCUT2D eigenvalue weighted by Gasteiger charge is -2.36. The van der Waals surface area contributed by atoms with Gasteiger partial charge in [-0.1, -0.05) is 24.3 Å². The minimum atomic E-state index is -3.76. The molecule has 6 rings (SSSR count). The number of aryl methyl sites for hydroxylation is 4. The Morgan fingerprint density at radius 1 is 0.580 bits per heavy atom. The molecule has 2 aliphatic rings. The van der Waals surface area contributed by atoms with Gasteiger partial charge >= 0.3 is 18.2 Å². The summed E-state index contributed by atoms with van der Waals surface area (Å²) in [5.41, 5.74) is 11.3. The molecule has 0 unspecified atom stereocenters. The summed E-state index contributed by atoms with van der Waals surface area (Å²) in [6, 6.07) is 22.8. The normalized spacial score (nSPS) is 14.1. The van der Waals surface area contributed by atoms with Gasteiger partial charge in [0.1, 0.15) is 22.7 Å². The minimum Gasteiger partial charge on any atom is -0.497 e. The van der Waals surface area contributed by atoms with Crippen molar-refractivity contribution in [1.29, 1.82) is 0 Å². The number of sulfonamides is 2. The molecule has 81 heavy (non-hydrogen) atoms. The molecule has 4 aromatic carbocycles. The number of carboxylic acids is 1. The Kier molecular flexibility index (Phi) is 24.2. The lowest BCUT2D eigenvalue weighted by atomic mass is 10.1. The zero-order chi connectivity index (χ0) is 60.6. The van der Waals surface area contributed by atoms with Crippen LogP contribution in [0.1, 0.15) is 87.8 Å². The van der Waals surface area contributed by atoms with Gasteiger partial charge in [0, 0.05) is 110 Å². The summed E-state index contributed by atoms with van der Waals surface area (Å²) < 4.78 is 74.8. The standard InChI is InChI=1S/C29H42N4O6S.C16H25N3O2.C13H19NO5S/c1-21-17-25(38-7)18-22(2)27(21)40(36,37)31(6)12-11-26(34)30-20-23-9-8-10-24(19-23)32-13-15-33(16-14-32)28(35)39-29(3,4)5;1-16(2,3)21-15(20)19-9-7-18(8-10-19)14-6-4-5-13(11-14)12-17;1-9-7-11(19-4)8-10(2)13(9)20(17,18)14(3)6-5-12(15)16/h8-10,17-19H,11-16,20H2,1-7H3,(H,30,34);4-6,11H,7-10,12,17H2,1-3H3;7-8H,5-6H2,1-4H3,(H,15,16). The largest absolute Gasteiger partial charge is 0.497 e. The van der Waals surface area contributed by atoms with E-state index in [0.29, 0.717) is 86.1 Å². The van der Waals surface area contributed by atoms with Crippen molar-refractivity contribution in [3.63, 3.8) is 0 Å². The van der Waals surface area contributed by atoms with E-state index in [2.05, 4.69) is 27.2 Å². The number of benzene rings is 4. The summed E-state index contributed by atoms with van der Waals surface area (Å²) in [6.07, 6.45) is -0.713. The Morgan fingerprint density at radius 2 is 0.938 bits per heavy atom. The van der Waals surface area contributed by atoms with Crippen molar-refractivity contribution >= 4 is 55.5 Å². The molecule has 2 fully saturated rings. The van der Waals surface area contributed by atoms with E-state index >= 15 is 0 Å². The van der Waals surface area contributed by atoms with Gasteiger partial charge in [0.25, 0.3) is 0 Å². The fraction of sp³-hybridized carbons (Fsp3) is 0.517. The summed E-state index contributed by atoms with van der Waals surface area (Å²) in [7, 11) is -1.56. The number of nitrogens with zero attached hydrogens (tertiary/aromatic N) is 6. The highest BCUT2D eigenvalue weighted by Gasteiger charge is 2.30. The first kappa shape index (κ1) is 66.8. The maximum atomic E-state index is 13.2. The number of hydrogen-bond acceptors (Lipinski definition) is 15. The maximum Gasteiger partial charge on any atom is 0.410 e. The van der Waals surface area contributed by atoms with Crippen LogP contribution in [0.2, 0.25) is 0 Å². The van der Waals surface area contributed by atoms with Crippen LogP contribution >= 0.6 is 0 Å². The molecule has 0 radical (unpaired) electrons. The van der Waals surface area contributed by atoms with E-state index in [-0.39, 0.29) is 53.8 Å². The minimum absolute atomic E-state index is 0.0380. The van der Waals surface area contributed by atoms with Crippen LogP contribution in [0, 0.1) is 27.7 Å². The first-order valence-corrected chi connectivity index (χ1v) is 29.7. The van der Waals surface area contributed by atoms with E-state index in [0.717, 1.165) is 34.2 Å². The van der Waals surface area contributed by atoms with Crippen molar-refractivity contribution in [2.75, 3.05) is 104 Å². The van der Waals surface area contributed by atoms with Crippen LogP contribution in [0.5, 0.6) is 11.5 Å². The van der Waals surface area contributed by atoms with Crippen LogP contribution < -0.4 is 30.3 Å². The predicted molar refractivity (Wildman–Crippen MR) is 314 cm³/mol. The molecule has 448 valence electrons. The number of hydrogen-bond donors (Lipinski definition) is 3. The fourth-order valence-corrected chi connectivity index (χ4v) is 12.1. The van der Waals surface area contributed by atoms with Gasteiger partial charge in [-0.2, -0.15) is 0 Å². The Balaban J connectivity index is 0.000000289. The number of amides is 3. The molecule has 4 aromatic rings. The van der Waals surface area contributed by atoms with Crippen molar-refractivity contribution < 1.29 is 60.1 Å². The summed E-state index contributed by atoms with van der Waals surface area (Å²) in [4.78, 5) is 55.9. The molecule has 21 nitrogen and oxygen atoms in total. The molecule has 3 amide bonds. The van der Waals surface area contributed by atoms with Gasteiger partial charge < -0.3 is 54.7 Å². The quantitative estimate of drug-likeness (QED) is 0.0937. The number of rotatable bonds is 17. The number of nitrogens with two attached hydrogens (primary N) is 1. The first-order valence-electron chi connectivity index (χ1n) is 26.9. The van der Waals surface area contributed by atoms with E-state index in [1.807, 2.05) is 77.9 Å². The zero-order valence-electron chi connectivity index (χ0n) is 49.8. The summed E-state index contributed by atoms with van der Waals surface area (Å²) in [5, 5.41) is 11.5. The smallest absolute Gasteiger partial charge is 0.410 e. The van der Waals surface area contributed by atoms with Crippen LogP contribution in [0.15, 0.2) is 82.6 Å². The van der Waals surface area contributed by atoms with Crippen LogP contribution in [-0.4, -0.2) is 169 Å². The number of piperazine rings is 2. The molecule has 0 saturated carbocycles. The highest BCUT2D eigenvalue weighted by atomic mass is 32.2. The second kappa shape index (κ2) is 29.4. The van der Waals surface area contributed by atoms with E-state index in [1.54, 1.807) is 68.9 Å². The predicted octanol–water partition coefficient (Wildman–Crippen LogP) is 7.31. The van der Waals surface area contributed by atoms with Crippen LogP contribution in [-0.2, 0) is 52.2 Å². The van der Waals surface area contributed by atoms with Gasteiger partial charge in [-0.05, 0) is 151 Å². The Labute approximate surface area is 480 Å². The average molecular weight is 1170 g/mol. The second-order valence-corrected chi connectivity index (χ2v) is 25.9. The molecular weight excluding hydrogens is 1080 g/mol. The number of ether oxygens (including phenoxy) is 4. The Bertz CT molecular complexity index is 2970. The van der Waals surface area contributed by atoms with Crippen molar-refractivity contribution in [2.24, 2.45) is 5.73 Å². The molecule has 0 bridgehead atoms. The molecule has 2 aliphatic heterocycles. The number of carbonyl (C=O) groups is 4. The van der Waals surface area contributed by atoms with Gasteiger partial charge in [0.2, 0.25) is 26.0 Å². The summed E-state index contributed by atoms with van der Waals surface area (Å²) in [5.74, 6) is -0.0768. The number of carbonyl (C=O) groups excluding carboxylic acids is 3. The molecule has 0 atom stereocenters. The molecule has 2 heterocycles. The molecule has 4 N–H and O–H groups in total. The highest BCUT2D eigenvalue weighted by Crippen LogP contribution is 2.30. The zero-order valence-corrected chi connectivity index (χ0v) is 51.4. The molecular formula is C58H86N8O13S2. The topological polar surface area (TPSA) is 251 Å². The number of methoxy groups -OCH3 is 2. The van der Waals surface area contributed by atoms with Crippen molar-refractivity contribution in [1.82, 2.24) is 23.7 Å². The average Bonchev–Trinajstić information content (AvgIpc) is 3.40. The molecule has 0 aromatic heterocycles. The Morgan fingerprint density at radius 3 is 1.28 bits per heavy atom. The number of carboxylic acid groups (broad SMARTS) is 1. The third kappa shape index (κ3) is 20.1. The van der Waals surface area contributed by atoms with E-state index < -0.39 is 37.2 Å². The number of aliphatic carboxylic acids is 1. The van der Waals surface area contributed by atoms with E-state index in [4.69, 9.17) is 29.8 Å².